The summed E-state index contributed by atoms with van der Waals surface area (Å²) in [6.45, 7) is 2.28. The molecule has 120 valence electrons. The van der Waals surface area contributed by atoms with E-state index >= 15 is 0 Å². The van der Waals surface area contributed by atoms with Gasteiger partial charge in [0, 0.05) is 13.6 Å². The average Bonchev–Trinajstić information content (AvgIpc) is 2.38. The molecule has 7 nitrogen and oxygen atoms in total. The lowest BCUT2D eigenvalue weighted by Crippen LogP contribution is -2.55. The second-order valence-corrected chi connectivity index (χ2v) is 5.65. The van der Waals surface area contributed by atoms with Gasteiger partial charge in [-0.05, 0) is 19.8 Å². The maximum Gasteiger partial charge on any atom is 0.318 e. The summed E-state index contributed by atoms with van der Waals surface area (Å²) >= 11 is 0. The van der Waals surface area contributed by atoms with E-state index in [1.54, 1.807) is 0 Å². The highest BCUT2D eigenvalue weighted by atomic mass is 16.4. The van der Waals surface area contributed by atoms with E-state index in [4.69, 9.17) is 5.11 Å². The van der Waals surface area contributed by atoms with Crippen molar-refractivity contribution in [3.8, 4) is 0 Å². The third-order valence-electron chi connectivity index (χ3n) is 3.77. The van der Waals surface area contributed by atoms with Crippen LogP contribution in [-0.2, 0) is 9.59 Å². The van der Waals surface area contributed by atoms with E-state index < -0.39 is 17.5 Å². The van der Waals surface area contributed by atoms with Crippen LogP contribution in [0.3, 0.4) is 0 Å². The number of urea groups is 1. The smallest absolute Gasteiger partial charge is 0.318 e. The molecule has 0 unspecified atom stereocenters. The van der Waals surface area contributed by atoms with Gasteiger partial charge in [-0.1, -0.05) is 19.3 Å². The molecular weight excluding hydrogens is 274 g/mol. The maximum atomic E-state index is 12.2. The highest BCUT2D eigenvalue weighted by Crippen LogP contribution is 2.31. The minimum atomic E-state index is -0.913. The number of carboxylic acid groups (broad SMARTS) is 1. The molecule has 0 aromatic heterocycles. The van der Waals surface area contributed by atoms with E-state index in [0.29, 0.717) is 19.4 Å². The fraction of sp³-hybridized carbons (Fsp3) is 0.786. The fourth-order valence-corrected chi connectivity index (χ4v) is 2.73. The first-order valence-corrected chi connectivity index (χ1v) is 7.40. The maximum absolute atomic E-state index is 12.2. The Hall–Kier alpha value is -1.79. The van der Waals surface area contributed by atoms with Gasteiger partial charge >= 0.3 is 12.0 Å². The third kappa shape index (κ3) is 5.61. The summed E-state index contributed by atoms with van der Waals surface area (Å²) in [4.78, 5) is 36.0. The monoisotopic (exact) mass is 299 g/mol. The number of aliphatic carboxylic acids is 1. The quantitative estimate of drug-likeness (QED) is 0.679. The van der Waals surface area contributed by atoms with Crippen molar-refractivity contribution in [1.82, 2.24) is 15.5 Å². The van der Waals surface area contributed by atoms with E-state index in [1.165, 1.54) is 11.9 Å². The molecule has 1 aliphatic carbocycles. The lowest BCUT2D eigenvalue weighted by atomic mass is 9.79. The number of nitrogens with zero attached hydrogens (tertiary/aromatic N) is 1. The van der Waals surface area contributed by atoms with Crippen LogP contribution in [-0.4, -0.2) is 53.6 Å². The summed E-state index contributed by atoms with van der Waals surface area (Å²) in [6.07, 6.45) is 4.14. The molecule has 7 heteroatoms. The Kier molecular flexibility index (Phi) is 6.45. The molecule has 0 bridgehead atoms. The van der Waals surface area contributed by atoms with Crippen LogP contribution in [0.1, 0.15) is 45.4 Å². The van der Waals surface area contributed by atoms with Gasteiger partial charge in [-0.3, -0.25) is 9.59 Å². The Morgan fingerprint density at radius 2 is 1.81 bits per heavy atom. The van der Waals surface area contributed by atoms with Crippen molar-refractivity contribution in [2.75, 3.05) is 20.1 Å². The van der Waals surface area contributed by atoms with Crippen LogP contribution in [0.5, 0.6) is 0 Å². The predicted octanol–water partition coefficient (Wildman–Crippen LogP) is 0.941. The molecule has 3 amide bonds. The van der Waals surface area contributed by atoms with Gasteiger partial charge in [-0.15, -0.1) is 0 Å². The van der Waals surface area contributed by atoms with E-state index in [-0.39, 0.29) is 18.9 Å². The Bertz CT molecular complexity index is 392. The topological polar surface area (TPSA) is 98.7 Å². The molecule has 3 N–H and O–H groups in total. The van der Waals surface area contributed by atoms with Gasteiger partial charge in [-0.25, -0.2) is 4.79 Å². The second-order valence-electron chi connectivity index (χ2n) is 5.65. The van der Waals surface area contributed by atoms with Crippen LogP contribution in [0.25, 0.3) is 0 Å². The van der Waals surface area contributed by atoms with Crippen molar-refractivity contribution in [3.63, 3.8) is 0 Å². The summed E-state index contributed by atoms with van der Waals surface area (Å²) in [6, 6.07) is -0.399. The van der Waals surface area contributed by atoms with E-state index in [9.17, 15) is 14.4 Å². The molecule has 1 aliphatic rings. The molecule has 0 radical (unpaired) electrons. The molecular formula is C14H25N3O4. The van der Waals surface area contributed by atoms with Gasteiger partial charge < -0.3 is 20.6 Å². The normalized spacial score (nSPS) is 16.9. The molecule has 1 fully saturated rings. The lowest BCUT2D eigenvalue weighted by molar-refractivity contribution is -0.139. The predicted molar refractivity (Wildman–Crippen MR) is 77.9 cm³/mol. The summed E-state index contributed by atoms with van der Waals surface area (Å²) in [5.74, 6) is -1.14. The van der Waals surface area contributed by atoms with Gasteiger partial charge in [0.1, 0.15) is 6.54 Å². The van der Waals surface area contributed by atoms with Gasteiger partial charge in [0.15, 0.2) is 0 Å². The van der Waals surface area contributed by atoms with Crippen molar-refractivity contribution in [2.45, 2.75) is 51.0 Å². The second kappa shape index (κ2) is 7.85. The van der Waals surface area contributed by atoms with Crippen LogP contribution < -0.4 is 10.6 Å². The van der Waals surface area contributed by atoms with Gasteiger partial charge in [-0.2, -0.15) is 0 Å². The number of carbonyl (C=O) groups is 3. The third-order valence-corrected chi connectivity index (χ3v) is 3.77. The van der Waals surface area contributed by atoms with Crippen molar-refractivity contribution < 1.29 is 19.5 Å². The lowest BCUT2D eigenvalue weighted by Gasteiger charge is -2.38. The number of hydrogen-bond donors (Lipinski definition) is 3. The molecule has 1 saturated carbocycles. The number of hydrogen-bond acceptors (Lipinski definition) is 3. The first kappa shape index (κ1) is 17.3. The zero-order valence-corrected chi connectivity index (χ0v) is 12.8. The molecule has 0 aromatic rings. The van der Waals surface area contributed by atoms with Crippen molar-refractivity contribution >= 4 is 17.9 Å². The first-order chi connectivity index (χ1) is 9.88. The SMILES string of the molecule is CCNC(=O)CN(C)C(=O)NC1(CC(=O)O)CCCCC1. The molecule has 1 rings (SSSR count). The molecule has 21 heavy (non-hydrogen) atoms. The molecule has 0 saturated heterocycles. The fourth-order valence-electron chi connectivity index (χ4n) is 2.73. The Morgan fingerprint density at radius 1 is 1.19 bits per heavy atom. The van der Waals surface area contributed by atoms with Crippen molar-refractivity contribution in [1.29, 1.82) is 0 Å². The van der Waals surface area contributed by atoms with Crippen LogP contribution in [0, 0.1) is 0 Å². The summed E-state index contributed by atoms with van der Waals surface area (Å²) in [5, 5.41) is 14.5. The summed E-state index contributed by atoms with van der Waals surface area (Å²) in [5.41, 5.74) is -0.684. The highest BCUT2D eigenvalue weighted by molar-refractivity contribution is 5.84. The molecule has 0 aromatic carbocycles. The zero-order chi connectivity index (χ0) is 15.9. The number of nitrogens with one attached hydrogen (secondary N) is 2. The van der Waals surface area contributed by atoms with E-state index in [0.717, 1.165) is 19.3 Å². The van der Waals surface area contributed by atoms with Crippen LogP contribution in [0.4, 0.5) is 4.79 Å². The summed E-state index contributed by atoms with van der Waals surface area (Å²) in [7, 11) is 1.53. The Labute approximate surface area is 125 Å². The zero-order valence-electron chi connectivity index (χ0n) is 12.8. The van der Waals surface area contributed by atoms with Crippen LogP contribution in [0.15, 0.2) is 0 Å². The Balaban J connectivity index is 2.63. The number of likely N-dealkylation sites (N-methyl/N-ethyl adjacent to an activating group) is 2. The number of carbonyl (C=O) groups excluding carboxylic acids is 2. The summed E-state index contributed by atoms with van der Waals surface area (Å²) < 4.78 is 0. The standard InChI is InChI=1S/C14H25N3O4/c1-3-15-11(18)10-17(2)13(21)16-14(9-12(19)20)7-5-4-6-8-14/h3-10H2,1-2H3,(H,15,18)(H,16,21)(H,19,20). The average molecular weight is 299 g/mol. The number of amides is 3. The van der Waals surface area contributed by atoms with Gasteiger partial charge in [0.25, 0.3) is 0 Å². The number of rotatable bonds is 6. The molecule has 0 atom stereocenters. The van der Waals surface area contributed by atoms with Crippen molar-refractivity contribution in [2.24, 2.45) is 0 Å². The largest absolute Gasteiger partial charge is 0.481 e. The van der Waals surface area contributed by atoms with E-state index in [1.807, 2.05) is 6.92 Å². The number of carboxylic acids is 1. The minimum Gasteiger partial charge on any atom is -0.481 e. The van der Waals surface area contributed by atoms with Crippen LogP contribution in [0.2, 0.25) is 0 Å². The van der Waals surface area contributed by atoms with Crippen molar-refractivity contribution in [3.05, 3.63) is 0 Å². The van der Waals surface area contributed by atoms with Crippen LogP contribution >= 0.6 is 0 Å². The molecule has 0 heterocycles. The van der Waals surface area contributed by atoms with E-state index in [2.05, 4.69) is 10.6 Å². The molecule has 0 aliphatic heterocycles. The minimum absolute atomic E-state index is 0.0389. The first-order valence-electron chi connectivity index (χ1n) is 7.40. The molecule has 0 spiro atoms. The highest BCUT2D eigenvalue weighted by Gasteiger charge is 2.36. The van der Waals surface area contributed by atoms with Gasteiger partial charge in [0.2, 0.25) is 5.91 Å². The Morgan fingerprint density at radius 3 is 2.33 bits per heavy atom. The van der Waals surface area contributed by atoms with Gasteiger partial charge in [0.05, 0.1) is 12.0 Å².